The van der Waals surface area contributed by atoms with Gasteiger partial charge in [0.15, 0.2) is 0 Å². The Morgan fingerprint density at radius 3 is 2.50 bits per heavy atom. The first-order valence-electron chi connectivity index (χ1n) is 6.40. The molecule has 0 aromatic rings. The van der Waals surface area contributed by atoms with E-state index in [0.717, 1.165) is 6.42 Å². The Labute approximate surface area is 109 Å². The van der Waals surface area contributed by atoms with E-state index in [0.29, 0.717) is 12.5 Å². The van der Waals surface area contributed by atoms with Crippen LogP contribution in [0.15, 0.2) is 0 Å². The highest BCUT2D eigenvalue weighted by molar-refractivity contribution is 5.79. The second-order valence-corrected chi connectivity index (χ2v) is 6.25. The summed E-state index contributed by atoms with van der Waals surface area (Å²) in [5.74, 6) is -0.344. The Morgan fingerprint density at radius 1 is 1.50 bits per heavy atom. The molecule has 1 unspecified atom stereocenters. The lowest BCUT2D eigenvalue weighted by atomic mass is 9.93. The molecule has 1 aliphatic rings. The number of carbonyl (C=O) groups is 2. The molecule has 5 nitrogen and oxygen atoms in total. The van der Waals surface area contributed by atoms with Crippen LogP contribution in [0, 0.1) is 11.3 Å². The number of hydrogen-bond acceptors (Lipinski definition) is 2. The third kappa shape index (κ3) is 3.15. The summed E-state index contributed by atoms with van der Waals surface area (Å²) in [4.78, 5) is 26.5. The summed E-state index contributed by atoms with van der Waals surface area (Å²) in [6, 6.07) is 0.136. The number of aliphatic carboxylic acids is 1. The summed E-state index contributed by atoms with van der Waals surface area (Å²) in [5.41, 5.74) is -0.900. The second-order valence-electron chi connectivity index (χ2n) is 6.25. The van der Waals surface area contributed by atoms with Crippen molar-refractivity contribution in [3.63, 3.8) is 0 Å². The van der Waals surface area contributed by atoms with Crippen LogP contribution in [0.2, 0.25) is 0 Å². The first-order valence-corrected chi connectivity index (χ1v) is 6.40. The van der Waals surface area contributed by atoms with Gasteiger partial charge in [-0.1, -0.05) is 13.8 Å². The molecule has 0 aliphatic carbocycles. The molecule has 2 amide bonds. The zero-order chi connectivity index (χ0) is 14.1. The van der Waals surface area contributed by atoms with Crippen LogP contribution in [0.5, 0.6) is 0 Å². The minimum absolute atomic E-state index is 0.0602. The molecule has 0 spiro atoms. The van der Waals surface area contributed by atoms with Crippen molar-refractivity contribution >= 4 is 12.0 Å². The van der Waals surface area contributed by atoms with Gasteiger partial charge in [-0.25, -0.2) is 4.79 Å². The van der Waals surface area contributed by atoms with Crippen molar-refractivity contribution in [3.05, 3.63) is 0 Å². The molecule has 1 atom stereocenters. The molecule has 1 rings (SSSR count). The minimum Gasteiger partial charge on any atom is -0.481 e. The first kappa shape index (κ1) is 14.8. The van der Waals surface area contributed by atoms with Gasteiger partial charge in [0, 0.05) is 20.1 Å². The van der Waals surface area contributed by atoms with Crippen molar-refractivity contribution in [2.75, 3.05) is 20.1 Å². The number of carbonyl (C=O) groups excluding carboxylic acids is 1. The number of carboxylic acid groups (broad SMARTS) is 1. The third-order valence-electron chi connectivity index (χ3n) is 3.46. The molecule has 104 valence electrons. The fourth-order valence-corrected chi connectivity index (χ4v) is 2.29. The first-order chi connectivity index (χ1) is 8.15. The lowest BCUT2D eigenvalue weighted by Gasteiger charge is -2.25. The normalized spacial score (nSPS) is 21.0. The molecule has 1 N–H and O–H groups in total. The highest BCUT2D eigenvalue weighted by Gasteiger charge is 2.39. The summed E-state index contributed by atoms with van der Waals surface area (Å²) in [7, 11) is 1.79. The van der Waals surface area contributed by atoms with Gasteiger partial charge in [-0.2, -0.15) is 0 Å². The molecule has 5 heteroatoms. The molecule has 0 saturated carbocycles. The van der Waals surface area contributed by atoms with Gasteiger partial charge in [-0.05, 0) is 26.2 Å². The molecule has 0 bridgehead atoms. The van der Waals surface area contributed by atoms with E-state index in [2.05, 4.69) is 13.8 Å². The Morgan fingerprint density at radius 2 is 2.06 bits per heavy atom. The topological polar surface area (TPSA) is 60.9 Å². The van der Waals surface area contributed by atoms with Gasteiger partial charge in [-0.3, -0.25) is 4.79 Å². The molecule has 1 heterocycles. The van der Waals surface area contributed by atoms with Gasteiger partial charge >= 0.3 is 12.0 Å². The molecule has 0 radical (unpaired) electrons. The van der Waals surface area contributed by atoms with Crippen LogP contribution in [-0.4, -0.2) is 53.1 Å². The zero-order valence-electron chi connectivity index (χ0n) is 11.9. The Hall–Kier alpha value is -1.26. The van der Waals surface area contributed by atoms with Crippen LogP contribution in [0.3, 0.4) is 0 Å². The van der Waals surface area contributed by atoms with Crippen LogP contribution in [0.1, 0.15) is 34.1 Å². The van der Waals surface area contributed by atoms with Crippen molar-refractivity contribution < 1.29 is 14.7 Å². The maximum Gasteiger partial charge on any atom is 0.320 e. The summed E-state index contributed by atoms with van der Waals surface area (Å²) in [5, 5.41) is 9.11. The van der Waals surface area contributed by atoms with E-state index in [1.54, 1.807) is 30.7 Å². The highest BCUT2D eigenvalue weighted by Crippen LogP contribution is 2.25. The third-order valence-corrected chi connectivity index (χ3v) is 3.46. The Bertz CT molecular complexity index is 339. The van der Waals surface area contributed by atoms with Gasteiger partial charge < -0.3 is 14.9 Å². The van der Waals surface area contributed by atoms with E-state index in [4.69, 9.17) is 5.11 Å². The van der Waals surface area contributed by atoms with Crippen molar-refractivity contribution in [2.24, 2.45) is 11.3 Å². The Balaban J connectivity index is 2.70. The number of nitrogens with zero attached hydrogens (tertiary/aromatic N) is 2. The van der Waals surface area contributed by atoms with Crippen LogP contribution in [0.25, 0.3) is 0 Å². The number of rotatable bonds is 5. The summed E-state index contributed by atoms with van der Waals surface area (Å²) >= 11 is 0. The number of carboxylic acids is 1. The zero-order valence-corrected chi connectivity index (χ0v) is 11.9. The molecule has 1 aliphatic heterocycles. The standard InChI is InChI=1S/C13H24N2O3/c1-9(2)6-10-7-15(12(18)14(10)5)8-13(3,4)11(16)17/h9-10H,6-8H2,1-5H3,(H,16,17). The van der Waals surface area contributed by atoms with E-state index >= 15 is 0 Å². The summed E-state index contributed by atoms with van der Waals surface area (Å²) < 4.78 is 0. The van der Waals surface area contributed by atoms with Crippen molar-refractivity contribution in [2.45, 2.75) is 40.2 Å². The number of likely N-dealkylation sites (N-methyl/N-ethyl adjacent to an activating group) is 1. The van der Waals surface area contributed by atoms with Crippen LogP contribution >= 0.6 is 0 Å². The monoisotopic (exact) mass is 256 g/mol. The van der Waals surface area contributed by atoms with Crippen molar-refractivity contribution in [3.8, 4) is 0 Å². The summed E-state index contributed by atoms with van der Waals surface area (Å²) in [6.45, 7) is 8.45. The van der Waals surface area contributed by atoms with E-state index in [9.17, 15) is 9.59 Å². The maximum absolute atomic E-state index is 12.1. The van der Waals surface area contributed by atoms with Gasteiger partial charge in [-0.15, -0.1) is 0 Å². The van der Waals surface area contributed by atoms with Gasteiger partial charge in [0.25, 0.3) is 0 Å². The quantitative estimate of drug-likeness (QED) is 0.817. The molecular weight excluding hydrogens is 232 g/mol. The van der Waals surface area contributed by atoms with E-state index in [-0.39, 0.29) is 18.6 Å². The smallest absolute Gasteiger partial charge is 0.320 e. The minimum atomic E-state index is -0.900. The predicted octanol–water partition coefficient (Wildman–Crippen LogP) is 1.88. The fourth-order valence-electron chi connectivity index (χ4n) is 2.29. The average molecular weight is 256 g/mol. The molecule has 0 aromatic carbocycles. The van der Waals surface area contributed by atoms with Crippen molar-refractivity contribution in [1.82, 2.24) is 9.80 Å². The molecule has 18 heavy (non-hydrogen) atoms. The van der Waals surface area contributed by atoms with Crippen LogP contribution < -0.4 is 0 Å². The molecular formula is C13H24N2O3. The van der Waals surface area contributed by atoms with E-state index < -0.39 is 11.4 Å². The Kier molecular flexibility index (Phi) is 4.24. The molecule has 1 saturated heterocycles. The lowest BCUT2D eigenvalue weighted by molar-refractivity contribution is -0.147. The largest absolute Gasteiger partial charge is 0.481 e. The van der Waals surface area contributed by atoms with Gasteiger partial charge in [0.1, 0.15) is 0 Å². The van der Waals surface area contributed by atoms with Crippen LogP contribution in [0.4, 0.5) is 4.79 Å². The highest BCUT2D eigenvalue weighted by atomic mass is 16.4. The van der Waals surface area contributed by atoms with Crippen molar-refractivity contribution in [1.29, 1.82) is 0 Å². The number of amides is 2. The van der Waals surface area contributed by atoms with E-state index in [1.165, 1.54) is 0 Å². The average Bonchev–Trinajstić information content (AvgIpc) is 2.45. The predicted molar refractivity (Wildman–Crippen MR) is 69.4 cm³/mol. The second kappa shape index (κ2) is 5.16. The maximum atomic E-state index is 12.1. The van der Waals surface area contributed by atoms with Crippen LogP contribution in [-0.2, 0) is 4.79 Å². The SMILES string of the molecule is CC(C)CC1CN(CC(C)(C)C(=O)O)C(=O)N1C. The molecule has 0 aromatic heterocycles. The van der Waals surface area contributed by atoms with Gasteiger partial charge in [0.05, 0.1) is 11.5 Å². The fraction of sp³-hybridized carbons (Fsp3) is 0.846. The summed E-state index contributed by atoms with van der Waals surface area (Å²) in [6.07, 6.45) is 0.951. The van der Waals surface area contributed by atoms with E-state index in [1.807, 2.05) is 0 Å². The number of urea groups is 1. The lowest BCUT2D eigenvalue weighted by Crippen LogP contribution is -2.41. The van der Waals surface area contributed by atoms with Gasteiger partial charge in [0.2, 0.25) is 0 Å². The molecule has 1 fully saturated rings. The number of hydrogen-bond donors (Lipinski definition) is 1.